The molecule has 0 amide bonds. The number of rotatable bonds is 68. The van der Waals surface area contributed by atoms with Crippen LogP contribution in [0, 0.1) is 11.8 Å². The molecule has 6 atom stereocenters. The summed E-state index contributed by atoms with van der Waals surface area (Å²) in [4.78, 5) is 72.5. The van der Waals surface area contributed by atoms with Crippen LogP contribution in [0.4, 0.5) is 0 Å². The lowest BCUT2D eigenvalue weighted by molar-refractivity contribution is -0.161. The summed E-state index contributed by atoms with van der Waals surface area (Å²) >= 11 is 0. The SMILES string of the molecule is CCCCCCCCCCCCCCCCCC(=O)O[C@H](COC(=O)CCCCCCCCCCCC(C)C)COP(=O)(O)OC[C@@H](O)COP(=O)(O)OC[C@@H](COC(=O)CCCCCCCCCCC)OC(=O)CCCCCCCCCCC(C)CC. The molecule has 19 heteroatoms. The Kier molecular flexibility index (Phi) is 59.9. The van der Waals surface area contributed by atoms with Crippen molar-refractivity contribution in [1.29, 1.82) is 0 Å². The number of ether oxygens (including phenoxy) is 4. The first-order chi connectivity index (χ1) is 42.4. The molecular weight excluding hydrogens is 1160 g/mol. The lowest BCUT2D eigenvalue weighted by atomic mass is 9.99. The van der Waals surface area contributed by atoms with E-state index in [0.717, 1.165) is 102 Å². The third-order valence-electron chi connectivity index (χ3n) is 16.3. The van der Waals surface area contributed by atoms with E-state index in [-0.39, 0.29) is 25.7 Å². The molecule has 88 heavy (non-hydrogen) atoms. The van der Waals surface area contributed by atoms with Crippen molar-refractivity contribution in [3.8, 4) is 0 Å². The minimum Gasteiger partial charge on any atom is -0.462 e. The standard InChI is InChI=1S/C69H134O17P2/c1-7-10-12-14-16-18-19-20-21-22-23-27-35-41-47-53-68(73)85-64(58-80-67(72)52-46-40-34-28-24-26-31-37-43-49-61(4)5)59-83-87(75,76)81-55-63(70)56-82-88(77,78)84-60-65(57-79-66(71)51-45-39-33-25-17-15-13-11-8-2)86-69(74)54-48-42-36-30-29-32-38-44-50-62(6)9-3/h61-65,70H,7-60H2,1-6H3,(H,75,76)(H,77,78)/t62?,63-,64-,65-/m1/s1. The Morgan fingerprint density at radius 2 is 0.580 bits per heavy atom. The Hall–Kier alpha value is -1.94. The van der Waals surface area contributed by atoms with E-state index in [1.165, 1.54) is 167 Å². The van der Waals surface area contributed by atoms with Crippen LogP contribution < -0.4 is 0 Å². The van der Waals surface area contributed by atoms with E-state index in [0.29, 0.717) is 25.7 Å². The molecule has 3 unspecified atom stereocenters. The van der Waals surface area contributed by atoms with Gasteiger partial charge >= 0.3 is 39.5 Å². The van der Waals surface area contributed by atoms with Gasteiger partial charge in [-0.3, -0.25) is 37.3 Å². The van der Waals surface area contributed by atoms with Crippen LogP contribution in [0.5, 0.6) is 0 Å². The Labute approximate surface area is 537 Å². The van der Waals surface area contributed by atoms with Crippen LogP contribution in [-0.2, 0) is 65.4 Å². The fourth-order valence-electron chi connectivity index (χ4n) is 10.4. The number of aliphatic hydroxyl groups excluding tert-OH is 1. The minimum atomic E-state index is -4.95. The molecule has 0 aliphatic rings. The number of phosphoric acid groups is 2. The van der Waals surface area contributed by atoms with E-state index in [2.05, 4.69) is 41.5 Å². The lowest BCUT2D eigenvalue weighted by Crippen LogP contribution is -2.30. The number of unbranched alkanes of at least 4 members (excludes halogenated alkanes) is 37. The van der Waals surface area contributed by atoms with Gasteiger partial charge in [0.2, 0.25) is 0 Å². The number of hydrogen-bond acceptors (Lipinski definition) is 15. The molecule has 0 radical (unpaired) electrons. The highest BCUT2D eigenvalue weighted by atomic mass is 31.2. The Balaban J connectivity index is 5.25. The fourth-order valence-corrected chi connectivity index (χ4v) is 12.0. The molecule has 0 aromatic heterocycles. The van der Waals surface area contributed by atoms with E-state index < -0.39 is 97.5 Å². The summed E-state index contributed by atoms with van der Waals surface area (Å²) in [6, 6.07) is 0. The zero-order valence-electron chi connectivity index (χ0n) is 57.0. The van der Waals surface area contributed by atoms with Crippen molar-refractivity contribution in [2.75, 3.05) is 39.6 Å². The van der Waals surface area contributed by atoms with E-state index in [1.54, 1.807) is 0 Å². The fraction of sp³-hybridized carbons (Fsp3) is 0.942. The zero-order chi connectivity index (χ0) is 65.0. The maximum absolute atomic E-state index is 13.0. The van der Waals surface area contributed by atoms with Crippen molar-refractivity contribution < 1.29 is 80.2 Å². The molecule has 0 aliphatic carbocycles. The van der Waals surface area contributed by atoms with Crippen molar-refractivity contribution in [3.63, 3.8) is 0 Å². The Morgan fingerprint density at radius 3 is 0.864 bits per heavy atom. The third-order valence-corrected chi connectivity index (χ3v) is 18.2. The number of esters is 4. The highest BCUT2D eigenvalue weighted by Crippen LogP contribution is 2.45. The maximum atomic E-state index is 13.0. The van der Waals surface area contributed by atoms with Gasteiger partial charge in [-0.1, -0.05) is 298 Å². The topological polar surface area (TPSA) is 237 Å². The quantitative estimate of drug-likeness (QED) is 0.0222. The van der Waals surface area contributed by atoms with Crippen LogP contribution >= 0.6 is 15.6 Å². The molecule has 3 N–H and O–H groups in total. The number of hydrogen-bond donors (Lipinski definition) is 3. The van der Waals surface area contributed by atoms with Crippen LogP contribution in [0.25, 0.3) is 0 Å². The predicted octanol–water partition coefficient (Wildman–Crippen LogP) is 19.6. The molecule has 0 aromatic carbocycles. The highest BCUT2D eigenvalue weighted by molar-refractivity contribution is 7.47. The predicted molar refractivity (Wildman–Crippen MR) is 354 cm³/mol. The van der Waals surface area contributed by atoms with Crippen molar-refractivity contribution in [2.24, 2.45) is 11.8 Å². The summed E-state index contributed by atoms with van der Waals surface area (Å²) in [5.41, 5.74) is 0. The third kappa shape index (κ3) is 61.6. The van der Waals surface area contributed by atoms with Crippen molar-refractivity contribution in [3.05, 3.63) is 0 Å². The monoisotopic (exact) mass is 1300 g/mol. The van der Waals surface area contributed by atoms with E-state index in [1.807, 2.05) is 0 Å². The second kappa shape index (κ2) is 61.3. The van der Waals surface area contributed by atoms with Crippen molar-refractivity contribution >= 4 is 39.5 Å². The van der Waals surface area contributed by atoms with Gasteiger partial charge in [-0.2, -0.15) is 0 Å². The van der Waals surface area contributed by atoms with E-state index in [4.69, 9.17) is 37.0 Å². The zero-order valence-corrected chi connectivity index (χ0v) is 58.8. The number of aliphatic hydroxyl groups is 1. The summed E-state index contributed by atoms with van der Waals surface area (Å²) in [7, 11) is -9.90. The maximum Gasteiger partial charge on any atom is 0.472 e. The van der Waals surface area contributed by atoms with Crippen LogP contribution in [-0.4, -0.2) is 96.7 Å². The summed E-state index contributed by atoms with van der Waals surface area (Å²) in [5, 5.41) is 10.6. The lowest BCUT2D eigenvalue weighted by Gasteiger charge is -2.21. The molecule has 0 aliphatic heterocycles. The Morgan fingerprint density at radius 1 is 0.330 bits per heavy atom. The molecule has 0 rings (SSSR count). The van der Waals surface area contributed by atoms with Gasteiger partial charge in [0.05, 0.1) is 26.4 Å². The van der Waals surface area contributed by atoms with E-state index >= 15 is 0 Å². The highest BCUT2D eigenvalue weighted by Gasteiger charge is 2.30. The summed E-state index contributed by atoms with van der Waals surface area (Å²) in [6.07, 6.45) is 45.7. The van der Waals surface area contributed by atoms with Gasteiger partial charge in [0, 0.05) is 25.7 Å². The van der Waals surface area contributed by atoms with Crippen LogP contribution in [0.3, 0.4) is 0 Å². The van der Waals surface area contributed by atoms with Gasteiger partial charge in [0.15, 0.2) is 12.2 Å². The van der Waals surface area contributed by atoms with Crippen molar-refractivity contribution in [2.45, 2.75) is 368 Å². The molecule has 522 valence electrons. The molecular formula is C69H134O17P2. The van der Waals surface area contributed by atoms with E-state index in [9.17, 15) is 43.2 Å². The smallest absolute Gasteiger partial charge is 0.462 e. The second-order valence-electron chi connectivity index (χ2n) is 25.6. The number of carbonyl (C=O) groups excluding carboxylic acids is 4. The normalized spacial score (nSPS) is 14.5. The Bertz CT molecular complexity index is 1720. The first kappa shape index (κ1) is 86.1. The average Bonchev–Trinajstić information content (AvgIpc) is 3.60. The summed E-state index contributed by atoms with van der Waals surface area (Å²) in [5.74, 6) is -0.613. The molecule has 0 heterocycles. The molecule has 0 saturated heterocycles. The molecule has 17 nitrogen and oxygen atoms in total. The van der Waals surface area contributed by atoms with Gasteiger partial charge < -0.3 is 33.8 Å². The average molecular weight is 1300 g/mol. The summed E-state index contributed by atoms with van der Waals surface area (Å²) in [6.45, 7) is 9.51. The molecule has 0 fully saturated rings. The van der Waals surface area contributed by atoms with Crippen molar-refractivity contribution in [1.82, 2.24) is 0 Å². The second-order valence-corrected chi connectivity index (χ2v) is 28.5. The van der Waals surface area contributed by atoms with Crippen LogP contribution in [0.1, 0.15) is 350 Å². The molecule has 0 aromatic rings. The molecule has 0 bridgehead atoms. The summed E-state index contributed by atoms with van der Waals surface area (Å²) < 4.78 is 68.2. The number of carbonyl (C=O) groups is 4. The van der Waals surface area contributed by atoms with Crippen LogP contribution in [0.15, 0.2) is 0 Å². The van der Waals surface area contributed by atoms with Gasteiger partial charge in [0.25, 0.3) is 0 Å². The van der Waals surface area contributed by atoms with Crippen LogP contribution in [0.2, 0.25) is 0 Å². The molecule has 0 saturated carbocycles. The van der Waals surface area contributed by atoms with Gasteiger partial charge in [-0.25, -0.2) is 9.13 Å². The first-order valence-corrected chi connectivity index (χ1v) is 39.0. The van der Waals surface area contributed by atoms with Gasteiger partial charge in [-0.15, -0.1) is 0 Å². The largest absolute Gasteiger partial charge is 0.472 e. The first-order valence-electron chi connectivity index (χ1n) is 36.0. The van der Waals surface area contributed by atoms with Gasteiger partial charge in [-0.05, 0) is 37.5 Å². The van der Waals surface area contributed by atoms with Gasteiger partial charge in [0.1, 0.15) is 19.3 Å². The molecule has 0 spiro atoms. The number of phosphoric ester groups is 2. The minimum absolute atomic E-state index is 0.105.